The molecule has 2 heterocycles. The molecule has 0 saturated carbocycles. The van der Waals surface area contributed by atoms with Gasteiger partial charge in [-0.1, -0.05) is 6.92 Å². The summed E-state index contributed by atoms with van der Waals surface area (Å²) in [6, 6.07) is 0. The van der Waals surface area contributed by atoms with Crippen LogP contribution in [0.2, 0.25) is 0 Å². The number of carboxylic acid groups (broad SMARTS) is 1. The average molecular weight is 269 g/mol. The summed E-state index contributed by atoms with van der Waals surface area (Å²) in [5, 5.41) is 9.34. The lowest BCUT2D eigenvalue weighted by molar-refractivity contribution is -0.156. The van der Waals surface area contributed by atoms with Crippen molar-refractivity contribution < 1.29 is 19.4 Å². The standard InChI is InChI=1S/C14H23NO4/c1-2-14(13(17)18)5-7-15(8-6-14)12(16)11-4-3-9-19-10-11/h11H,2-10H2,1H3,(H,17,18). The maximum Gasteiger partial charge on any atom is 0.309 e. The summed E-state index contributed by atoms with van der Waals surface area (Å²) in [4.78, 5) is 25.5. The summed E-state index contributed by atoms with van der Waals surface area (Å²) >= 11 is 0. The molecule has 0 aromatic heterocycles. The highest BCUT2D eigenvalue weighted by molar-refractivity contribution is 5.80. The minimum Gasteiger partial charge on any atom is -0.481 e. The number of carbonyl (C=O) groups is 2. The van der Waals surface area contributed by atoms with Crippen molar-refractivity contribution in [2.75, 3.05) is 26.3 Å². The Balaban J connectivity index is 1.92. The molecular formula is C14H23NO4. The fraction of sp³-hybridized carbons (Fsp3) is 0.857. The van der Waals surface area contributed by atoms with E-state index in [-0.39, 0.29) is 11.8 Å². The molecule has 2 saturated heterocycles. The Morgan fingerprint density at radius 3 is 2.53 bits per heavy atom. The third-order valence-electron chi connectivity index (χ3n) is 4.67. The van der Waals surface area contributed by atoms with E-state index in [4.69, 9.17) is 4.74 Å². The van der Waals surface area contributed by atoms with Gasteiger partial charge in [-0.25, -0.2) is 0 Å². The van der Waals surface area contributed by atoms with Crippen LogP contribution < -0.4 is 0 Å². The van der Waals surface area contributed by atoms with Crippen LogP contribution in [0, 0.1) is 11.3 Å². The molecule has 0 spiro atoms. The minimum atomic E-state index is -0.719. The highest BCUT2D eigenvalue weighted by Gasteiger charge is 2.41. The Labute approximate surface area is 113 Å². The predicted octanol–water partition coefficient (Wildman–Crippen LogP) is 1.52. The summed E-state index contributed by atoms with van der Waals surface area (Å²) in [6.45, 7) is 4.32. The number of likely N-dealkylation sites (tertiary alicyclic amines) is 1. The van der Waals surface area contributed by atoms with Crippen LogP contribution in [0.4, 0.5) is 0 Å². The van der Waals surface area contributed by atoms with E-state index in [1.54, 1.807) is 0 Å². The molecule has 0 bridgehead atoms. The zero-order valence-electron chi connectivity index (χ0n) is 11.6. The molecule has 0 aromatic carbocycles. The number of hydrogen-bond donors (Lipinski definition) is 1. The van der Waals surface area contributed by atoms with Crippen LogP contribution in [0.1, 0.15) is 39.0 Å². The van der Waals surface area contributed by atoms with Crippen molar-refractivity contribution in [3.8, 4) is 0 Å². The second-order valence-electron chi connectivity index (χ2n) is 5.68. The summed E-state index contributed by atoms with van der Waals surface area (Å²) < 4.78 is 5.35. The van der Waals surface area contributed by atoms with Gasteiger partial charge in [-0.05, 0) is 32.1 Å². The van der Waals surface area contributed by atoms with Crippen LogP contribution in [0.5, 0.6) is 0 Å². The molecule has 2 aliphatic heterocycles. The number of nitrogens with zero attached hydrogens (tertiary/aromatic N) is 1. The Bertz CT molecular complexity index is 341. The smallest absolute Gasteiger partial charge is 0.309 e. The summed E-state index contributed by atoms with van der Waals surface area (Å²) in [6.07, 6.45) is 3.61. The zero-order valence-corrected chi connectivity index (χ0v) is 11.6. The second-order valence-corrected chi connectivity index (χ2v) is 5.68. The Morgan fingerprint density at radius 2 is 2.05 bits per heavy atom. The number of carboxylic acids is 1. The lowest BCUT2D eigenvalue weighted by atomic mass is 9.76. The predicted molar refractivity (Wildman–Crippen MR) is 69.7 cm³/mol. The van der Waals surface area contributed by atoms with Crippen LogP contribution in [0.15, 0.2) is 0 Å². The molecule has 1 atom stereocenters. The Kier molecular flexibility index (Phi) is 4.45. The highest BCUT2D eigenvalue weighted by atomic mass is 16.5. The molecule has 1 amide bonds. The first-order valence-corrected chi connectivity index (χ1v) is 7.19. The third-order valence-corrected chi connectivity index (χ3v) is 4.67. The number of rotatable bonds is 3. The van der Waals surface area contributed by atoms with Crippen LogP contribution in [-0.2, 0) is 14.3 Å². The first-order chi connectivity index (χ1) is 9.09. The van der Waals surface area contributed by atoms with E-state index in [0.717, 1.165) is 19.4 Å². The van der Waals surface area contributed by atoms with Crippen molar-refractivity contribution in [2.45, 2.75) is 39.0 Å². The highest BCUT2D eigenvalue weighted by Crippen LogP contribution is 2.35. The lowest BCUT2D eigenvalue weighted by Crippen LogP contribution is -2.48. The number of hydrogen-bond acceptors (Lipinski definition) is 3. The summed E-state index contributed by atoms with van der Waals surface area (Å²) in [5.74, 6) is -0.592. The van der Waals surface area contributed by atoms with Crippen molar-refractivity contribution in [1.82, 2.24) is 4.90 Å². The molecule has 1 N–H and O–H groups in total. The molecule has 0 radical (unpaired) electrons. The van der Waals surface area contributed by atoms with Gasteiger partial charge in [-0.2, -0.15) is 0 Å². The SMILES string of the molecule is CCC1(C(=O)O)CCN(C(=O)C2CCCOC2)CC1. The van der Waals surface area contributed by atoms with Gasteiger partial charge in [0, 0.05) is 19.7 Å². The van der Waals surface area contributed by atoms with Gasteiger partial charge in [0.2, 0.25) is 5.91 Å². The summed E-state index contributed by atoms with van der Waals surface area (Å²) in [7, 11) is 0. The molecule has 2 aliphatic rings. The monoisotopic (exact) mass is 269 g/mol. The van der Waals surface area contributed by atoms with E-state index >= 15 is 0 Å². The number of aliphatic carboxylic acids is 1. The maximum absolute atomic E-state index is 12.3. The van der Waals surface area contributed by atoms with Gasteiger partial charge in [-0.15, -0.1) is 0 Å². The van der Waals surface area contributed by atoms with Gasteiger partial charge >= 0.3 is 5.97 Å². The third kappa shape index (κ3) is 2.91. The quantitative estimate of drug-likeness (QED) is 0.843. The number of amides is 1. The van der Waals surface area contributed by atoms with Crippen molar-refractivity contribution >= 4 is 11.9 Å². The normalized spacial score (nSPS) is 27.0. The molecule has 108 valence electrons. The molecule has 5 heteroatoms. The topological polar surface area (TPSA) is 66.8 Å². The van der Waals surface area contributed by atoms with Crippen molar-refractivity contribution in [2.24, 2.45) is 11.3 Å². The summed E-state index contributed by atoms with van der Waals surface area (Å²) in [5.41, 5.74) is -0.625. The second kappa shape index (κ2) is 5.90. The zero-order chi connectivity index (χ0) is 13.9. The van der Waals surface area contributed by atoms with Gasteiger partial charge < -0.3 is 14.7 Å². The molecule has 5 nitrogen and oxygen atoms in total. The van der Waals surface area contributed by atoms with Crippen LogP contribution in [-0.4, -0.2) is 48.2 Å². The molecule has 1 unspecified atom stereocenters. The van der Waals surface area contributed by atoms with Crippen LogP contribution in [0.3, 0.4) is 0 Å². The van der Waals surface area contributed by atoms with Gasteiger partial charge in [0.1, 0.15) is 0 Å². The van der Waals surface area contributed by atoms with Gasteiger partial charge in [0.25, 0.3) is 0 Å². The minimum absolute atomic E-state index is 0.0206. The molecule has 19 heavy (non-hydrogen) atoms. The largest absolute Gasteiger partial charge is 0.481 e. The molecule has 2 rings (SSSR count). The number of ether oxygens (including phenoxy) is 1. The molecule has 0 aliphatic carbocycles. The van der Waals surface area contributed by atoms with E-state index in [1.807, 2.05) is 11.8 Å². The molecular weight excluding hydrogens is 246 g/mol. The molecule has 2 fully saturated rings. The Hall–Kier alpha value is -1.10. The molecule has 0 aromatic rings. The van der Waals surface area contributed by atoms with Crippen molar-refractivity contribution in [3.63, 3.8) is 0 Å². The van der Waals surface area contributed by atoms with Gasteiger partial charge in [0.05, 0.1) is 17.9 Å². The van der Waals surface area contributed by atoms with Crippen LogP contribution >= 0.6 is 0 Å². The first kappa shape index (κ1) is 14.3. The van der Waals surface area contributed by atoms with E-state index in [1.165, 1.54) is 0 Å². The van der Waals surface area contributed by atoms with E-state index < -0.39 is 11.4 Å². The van der Waals surface area contributed by atoms with Crippen molar-refractivity contribution in [3.05, 3.63) is 0 Å². The number of piperidine rings is 1. The average Bonchev–Trinajstić information content (AvgIpc) is 2.47. The van der Waals surface area contributed by atoms with Crippen molar-refractivity contribution in [1.29, 1.82) is 0 Å². The van der Waals surface area contributed by atoms with E-state index in [2.05, 4.69) is 0 Å². The maximum atomic E-state index is 12.3. The van der Waals surface area contributed by atoms with Gasteiger partial charge in [-0.3, -0.25) is 9.59 Å². The fourth-order valence-electron chi connectivity index (χ4n) is 3.07. The Morgan fingerprint density at radius 1 is 1.37 bits per heavy atom. The van der Waals surface area contributed by atoms with Gasteiger partial charge in [0.15, 0.2) is 0 Å². The lowest BCUT2D eigenvalue weighted by Gasteiger charge is -2.39. The van der Waals surface area contributed by atoms with E-state index in [9.17, 15) is 14.7 Å². The number of carbonyl (C=O) groups excluding carboxylic acids is 1. The van der Waals surface area contributed by atoms with E-state index in [0.29, 0.717) is 39.0 Å². The fourth-order valence-corrected chi connectivity index (χ4v) is 3.07. The van der Waals surface area contributed by atoms with Crippen LogP contribution in [0.25, 0.3) is 0 Å². The first-order valence-electron chi connectivity index (χ1n) is 7.19.